The van der Waals surface area contributed by atoms with Crippen LogP contribution in [0.15, 0.2) is 5.10 Å². The van der Waals surface area contributed by atoms with E-state index in [-0.39, 0.29) is 11.8 Å². The molecule has 0 aliphatic carbocycles. The van der Waals surface area contributed by atoms with Crippen LogP contribution in [0.2, 0.25) is 0 Å². The van der Waals surface area contributed by atoms with Crippen molar-refractivity contribution in [2.75, 3.05) is 6.54 Å². The van der Waals surface area contributed by atoms with Crippen molar-refractivity contribution in [2.24, 2.45) is 11.0 Å². The number of carbonyl (C=O) groups is 1. The van der Waals surface area contributed by atoms with Crippen LogP contribution in [0.5, 0.6) is 0 Å². The minimum absolute atomic E-state index is 0.0631. The molecule has 0 bridgehead atoms. The summed E-state index contributed by atoms with van der Waals surface area (Å²) in [5.41, 5.74) is 0. The summed E-state index contributed by atoms with van der Waals surface area (Å²) in [5.74, 6) is 0.278. The van der Waals surface area contributed by atoms with Crippen LogP contribution in [0.3, 0.4) is 0 Å². The molecule has 1 aliphatic heterocycles. The van der Waals surface area contributed by atoms with Gasteiger partial charge in [-0.25, -0.2) is 5.01 Å². The smallest absolute Gasteiger partial charge is 0.251 e. The van der Waals surface area contributed by atoms with Crippen LogP contribution in [0.4, 0.5) is 0 Å². The molecule has 1 atom stereocenters. The van der Waals surface area contributed by atoms with Gasteiger partial charge in [-0.3, -0.25) is 4.79 Å². The maximum absolute atomic E-state index is 11.9. The highest BCUT2D eigenvalue weighted by molar-refractivity contribution is 5.97. The van der Waals surface area contributed by atoms with E-state index in [4.69, 9.17) is 0 Å². The van der Waals surface area contributed by atoms with Gasteiger partial charge in [-0.05, 0) is 12.8 Å². The van der Waals surface area contributed by atoms with Gasteiger partial charge < -0.3 is 0 Å². The van der Waals surface area contributed by atoms with Gasteiger partial charge in [0.25, 0.3) is 5.91 Å². The van der Waals surface area contributed by atoms with Gasteiger partial charge in [0.05, 0.1) is 5.92 Å². The molecule has 3 nitrogen and oxygen atoms in total. The van der Waals surface area contributed by atoms with E-state index in [1.54, 1.807) is 5.01 Å². The molecular formula is C13H24N2O. The summed E-state index contributed by atoms with van der Waals surface area (Å²) in [6.07, 6.45) is 9.81. The Morgan fingerprint density at radius 3 is 2.56 bits per heavy atom. The van der Waals surface area contributed by atoms with Gasteiger partial charge in [-0.1, -0.05) is 46.0 Å². The van der Waals surface area contributed by atoms with Crippen LogP contribution in [0.1, 0.15) is 58.8 Å². The first-order valence-corrected chi connectivity index (χ1v) is 6.65. The van der Waals surface area contributed by atoms with Gasteiger partial charge in [-0.2, -0.15) is 5.10 Å². The molecule has 0 aromatic heterocycles. The fourth-order valence-corrected chi connectivity index (χ4v) is 1.96. The zero-order valence-electron chi connectivity index (χ0n) is 10.6. The van der Waals surface area contributed by atoms with E-state index in [9.17, 15) is 4.79 Å². The van der Waals surface area contributed by atoms with Crippen molar-refractivity contribution in [1.29, 1.82) is 0 Å². The zero-order valence-corrected chi connectivity index (χ0v) is 10.6. The Morgan fingerprint density at radius 2 is 1.88 bits per heavy atom. The maximum Gasteiger partial charge on any atom is 0.251 e. The molecule has 0 saturated heterocycles. The molecule has 16 heavy (non-hydrogen) atoms. The Kier molecular flexibility index (Phi) is 6.12. The second-order valence-electron chi connectivity index (χ2n) is 4.54. The molecule has 1 heterocycles. The van der Waals surface area contributed by atoms with Crippen LogP contribution in [-0.2, 0) is 4.79 Å². The third-order valence-electron chi connectivity index (χ3n) is 3.05. The van der Waals surface area contributed by atoms with E-state index in [2.05, 4.69) is 18.9 Å². The second-order valence-corrected chi connectivity index (χ2v) is 4.54. The first-order chi connectivity index (χ1) is 7.79. The molecular weight excluding hydrogens is 200 g/mol. The Morgan fingerprint density at radius 1 is 1.19 bits per heavy atom. The van der Waals surface area contributed by atoms with Crippen molar-refractivity contribution >= 4 is 12.1 Å². The number of hydrogen-bond acceptors (Lipinski definition) is 2. The first-order valence-electron chi connectivity index (χ1n) is 6.65. The minimum atomic E-state index is 0.0631. The average Bonchev–Trinajstić information content (AvgIpc) is 2.62. The molecule has 1 aliphatic rings. The summed E-state index contributed by atoms with van der Waals surface area (Å²) in [6, 6.07) is 0. The number of rotatable bonds is 8. The number of carbonyl (C=O) groups excluding carboxylic acids is 1. The van der Waals surface area contributed by atoms with Crippen LogP contribution in [-0.4, -0.2) is 23.7 Å². The second kappa shape index (κ2) is 7.42. The standard InChI is InChI=1S/C13H24N2O/c1-3-5-7-9-12-11-14-15(13(12)16)10-8-6-4-2/h11-12H,3-10H2,1-2H3. The summed E-state index contributed by atoms with van der Waals surface area (Å²) in [5, 5.41) is 5.87. The molecule has 0 aromatic carbocycles. The quantitative estimate of drug-likeness (QED) is 0.583. The largest absolute Gasteiger partial charge is 0.272 e. The Labute approximate surface area is 98.9 Å². The van der Waals surface area contributed by atoms with Gasteiger partial charge in [0.2, 0.25) is 0 Å². The maximum atomic E-state index is 11.9. The average molecular weight is 224 g/mol. The fourth-order valence-electron chi connectivity index (χ4n) is 1.96. The molecule has 0 saturated carbocycles. The summed E-state index contributed by atoms with van der Waals surface area (Å²) in [4.78, 5) is 11.9. The van der Waals surface area contributed by atoms with Crippen molar-refractivity contribution in [1.82, 2.24) is 5.01 Å². The van der Waals surface area contributed by atoms with Crippen molar-refractivity contribution in [3.8, 4) is 0 Å². The SMILES string of the molecule is CCCCCC1C=NN(CCCCC)C1=O. The molecule has 92 valence electrons. The lowest BCUT2D eigenvalue weighted by molar-refractivity contribution is -0.132. The molecule has 0 spiro atoms. The van der Waals surface area contributed by atoms with E-state index in [1.807, 2.05) is 6.21 Å². The first kappa shape index (κ1) is 13.2. The van der Waals surface area contributed by atoms with E-state index >= 15 is 0 Å². The summed E-state index contributed by atoms with van der Waals surface area (Å²) >= 11 is 0. The molecule has 3 heteroatoms. The summed E-state index contributed by atoms with van der Waals surface area (Å²) < 4.78 is 0. The monoisotopic (exact) mass is 224 g/mol. The van der Waals surface area contributed by atoms with Gasteiger partial charge in [-0.15, -0.1) is 0 Å². The van der Waals surface area contributed by atoms with Gasteiger partial charge in [0.1, 0.15) is 0 Å². The van der Waals surface area contributed by atoms with Crippen molar-refractivity contribution < 1.29 is 4.79 Å². The number of amides is 1. The lowest BCUT2D eigenvalue weighted by atomic mass is 10.0. The fraction of sp³-hybridized carbons (Fsp3) is 0.846. The number of nitrogens with zero attached hydrogens (tertiary/aromatic N) is 2. The van der Waals surface area contributed by atoms with Gasteiger partial charge in [0, 0.05) is 12.8 Å². The Hall–Kier alpha value is -0.860. The molecule has 1 rings (SSSR count). The normalized spacial score (nSPS) is 19.8. The van der Waals surface area contributed by atoms with Crippen LogP contribution in [0.25, 0.3) is 0 Å². The molecule has 0 aromatic rings. The number of unbranched alkanes of at least 4 members (excludes halogenated alkanes) is 4. The van der Waals surface area contributed by atoms with Crippen molar-refractivity contribution in [3.63, 3.8) is 0 Å². The highest BCUT2D eigenvalue weighted by Gasteiger charge is 2.27. The third-order valence-corrected chi connectivity index (χ3v) is 3.05. The lowest BCUT2D eigenvalue weighted by Crippen LogP contribution is -2.27. The predicted octanol–water partition coefficient (Wildman–Crippen LogP) is 3.20. The van der Waals surface area contributed by atoms with Gasteiger partial charge >= 0.3 is 0 Å². The zero-order chi connectivity index (χ0) is 11.8. The predicted molar refractivity (Wildman–Crippen MR) is 67.4 cm³/mol. The Balaban J connectivity index is 2.22. The highest BCUT2D eigenvalue weighted by Crippen LogP contribution is 2.17. The molecule has 0 fully saturated rings. The molecule has 1 unspecified atom stereocenters. The van der Waals surface area contributed by atoms with E-state index in [0.717, 1.165) is 25.8 Å². The third kappa shape index (κ3) is 3.95. The Bertz CT molecular complexity index is 216. The van der Waals surface area contributed by atoms with Crippen LogP contribution in [0, 0.1) is 5.92 Å². The number of hydrogen-bond donors (Lipinski definition) is 0. The molecule has 1 amide bonds. The molecule has 0 N–H and O–H groups in total. The summed E-state index contributed by atoms with van der Waals surface area (Å²) in [7, 11) is 0. The van der Waals surface area contributed by atoms with Crippen molar-refractivity contribution in [2.45, 2.75) is 58.8 Å². The highest BCUT2D eigenvalue weighted by atomic mass is 16.2. The van der Waals surface area contributed by atoms with Crippen LogP contribution < -0.4 is 0 Å². The number of hydrazone groups is 1. The van der Waals surface area contributed by atoms with Gasteiger partial charge in [0.15, 0.2) is 0 Å². The summed E-state index contributed by atoms with van der Waals surface area (Å²) in [6.45, 7) is 5.15. The van der Waals surface area contributed by atoms with E-state index < -0.39 is 0 Å². The molecule has 0 radical (unpaired) electrons. The van der Waals surface area contributed by atoms with Crippen LogP contribution >= 0.6 is 0 Å². The minimum Gasteiger partial charge on any atom is -0.272 e. The van der Waals surface area contributed by atoms with Crippen molar-refractivity contribution in [3.05, 3.63) is 0 Å². The lowest BCUT2D eigenvalue weighted by Gasteiger charge is -2.13. The topological polar surface area (TPSA) is 32.7 Å². The van der Waals surface area contributed by atoms with E-state index in [1.165, 1.54) is 25.7 Å². The van der Waals surface area contributed by atoms with E-state index in [0.29, 0.717) is 0 Å².